The van der Waals surface area contributed by atoms with E-state index in [1.807, 2.05) is 0 Å². The van der Waals surface area contributed by atoms with Crippen molar-refractivity contribution in [2.75, 3.05) is 18.4 Å². The van der Waals surface area contributed by atoms with Gasteiger partial charge in [-0.15, -0.1) is 0 Å². The average molecular weight is 442 g/mol. The maximum atomic E-state index is 12.6. The highest BCUT2D eigenvalue weighted by Gasteiger charge is 2.39. The molecule has 2 unspecified atom stereocenters. The van der Waals surface area contributed by atoms with Crippen LogP contribution in [0.4, 0.5) is 5.69 Å². The van der Waals surface area contributed by atoms with Crippen molar-refractivity contribution < 1.29 is 18.0 Å². The van der Waals surface area contributed by atoms with E-state index in [0.717, 1.165) is 24.8 Å². The van der Waals surface area contributed by atoms with Gasteiger partial charge in [0.25, 0.3) is 5.91 Å². The summed E-state index contributed by atoms with van der Waals surface area (Å²) in [7, 11) is -3.43. The molecule has 1 saturated heterocycles. The summed E-state index contributed by atoms with van der Waals surface area (Å²) in [6.45, 7) is 3.49. The molecule has 0 spiro atoms. The monoisotopic (exact) mass is 441 g/mol. The maximum absolute atomic E-state index is 12.6. The Morgan fingerprint density at radius 3 is 2.19 bits per heavy atom. The van der Waals surface area contributed by atoms with E-state index in [4.69, 9.17) is 0 Å². The third kappa shape index (κ3) is 4.97. The Kier molecular flexibility index (Phi) is 6.11. The Hall–Kier alpha value is -2.71. The molecule has 1 aliphatic heterocycles. The molecule has 1 aliphatic carbocycles. The van der Waals surface area contributed by atoms with Crippen molar-refractivity contribution in [1.82, 2.24) is 9.62 Å². The van der Waals surface area contributed by atoms with Gasteiger partial charge in [-0.05, 0) is 67.1 Å². The summed E-state index contributed by atoms with van der Waals surface area (Å²) in [4.78, 5) is 24.7. The van der Waals surface area contributed by atoms with Crippen molar-refractivity contribution in [3.63, 3.8) is 0 Å². The fourth-order valence-corrected chi connectivity index (χ4v) is 5.29. The van der Waals surface area contributed by atoms with Crippen molar-refractivity contribution in [2.24, 2.45) is 11.8 Å². The summed E-state index contributed by atoms with van der Waals surface area (Å²) in [6.07, 6.45) is 2.73. The number of sulfonamides is 1. The normalized spacial score (nSPS) is 20.9. The first-order valence-corrected chi connectivity index (χ1v) is 12.1. The zero-order valence-electron chi connectivity index (χ0n) is 17.5. The zero-order valence-corrected chi connectivity index (χ0v) is 18.3. The van der Waals surface area contributed by atoms with Crippen molar-refractivity contribution in [1.29, 1.82) is 0 Å². The number of amides is 2. The van der Waals surface area contributed by atoms with Gasteiger partial charge in [-0.25, -0.2) is 8.42 Å². The number of carbonyl (C=O) groups is 2. The van der Waals surface area contributed by atoms with E-state index >= 15 is 0 Å². The molecule has 0 radical (unpaired) electrons. The van der Waals surface area contributed by atoms with E-state index in [9.17, 15) is 18.0 Å². The topological polar surface area (TPSA) is 95.6 Å². The van der Waals surface area contributed by atoms with E-state index in [0.29, 0.717) is 36.8 Å². The standard InChI is InChI=1S/C23H27N3O4S/c1-16-14-21(16)23(28)25-19-8-6-18(7-9-19)22(27)24-15-17-4-10-20(11-5-17)31(29,30)26-12-2-3-13-26/h4-11,16,21H,2-3,12-15H2,1H3,(H,24,27)(H,25,28). The number of nitrogens with zero attached hydrogens (tertiary/aromatic N) is 1. The number of hydrogen-bond donors (Lipinski definition) is 2. The molecule has 1 heterocycles. The Labute approximate surface area is 182 Å². The molecule has 4 rings (SSSR count). The summed E-state index contributed by atoms with van der Waals surface area (Å²) >= 11 is 0. The third-order valence-corrected chi connectivity index (χ3v) is 7.85. The second-order valence-corrected chi connectivity index (χ2v) is 10.3. The number of nitrogens with one attached hydrogen (secondary N) is 2. The first-order valence-electron chi connectivity index (χ1n) is 10.6. The van der Waals surface area contributed by atoms with Crippen LogP contribution in [-0.2, 0) is 21.4 Å². The van der Waals surface area contributed by atoms with Gasteiger partial charge in [0, 0.05) is 36.8 Å². The zero-order chi connectivity index (χ0) is 22.0. The van der Waals surface area contributed by atoms with E-state index < -0.39 is 10.0 Å². The Bertz CT molecular complexity index is 1060. The van der Waals surface area contributed by atoms with Gasteiger partial charge < -0.3 is 10.6 Å². The number of benzene rings is 2. The predicted octanol–water partition coefficient (Wildman–Crippen LogP) is 3.00. The lowest BCUT2D eigenvalue weighted by Crippen LogP contribution is -2.28. The summed E-state index contributed by atoms with van der Waals surface area (Å²) in [5.74, 6) is 0.335. The van der Waals surface area contributed by atoms with Gasteiger partial charge in [-0.2, -0.15) is 4.31 Å². The van der Waals surface area contributed by atoms with Crippen molar-refractivity contribution in [2.45, 2.75) is 37.6 Å². The highest BCUT2D eigenvalue weighted by molar-refractivity contribution is 7.89. The number of hydrogen-bond acceptors (Lipinski definition) is 4. The fraction of sp³-hybridized carbons (Fsp3) is 0.391. The largest absolute Gasteiger partial charge is 0.348 e. The molecule has 2 aromatic rings. The number of anilines is 1. The number of rotatable bonds is 7. The summed E-state index contributed by atoms with van der Waals surface area (Å²) in [6, 6.07) is 13.4. The molecule has 1 saturated carbocycles. The maximum Gasteiger partial charge on any atom is 0.251 e. The second-order valence-electron chi connectivity index (χ2n) is 8.32. The Morgan fingerprint density at radius 2 is 1.61 bits per heavy atom. The molecule has 0 aromatic heterocycles. The van der Waals surface area contributed by atoms with E-state index in [2.05, 4.69) is 17.6 Å². The highest BCUT2D eigenvalue weighted by atomic mass is 32.2. The molecular weight excluding hydrogens is 414 g/mol. The second kappa shape index (κ2) is 8.80. The molecule has 2 amide bonds. The summed E-state index contributed by atoms with van der Waals surface area (Å²) in [5.41, 5.74) is 1.98. The van der Waals surface area contributed by atoms with Crippen LogP contribution in [0.3, 0.4) is 0 Å². The molecule has 8 heteroatoms. The lowest BCUT2D eigenvalue weighted by molar-refractivity contribution is -0.117. The quantitative estimate of drug-likeness (QED) is 0.690. The van der Waals surface area contributed by atoms with Crippen LogP contribution in [0.15, 0.2) is 53.4 Å². The third-order valence-electron chi connectivity index (χ3n) is 5.94. The predicted molar refractivity (Wildman–Crippen MR) is 118 cm³/mol. The van der Waals surface area contributed by atoms with Crippen LogP contribution in [0, 0.1) is 11.8 Å². The van der Waals surface area contributed by atoms with Crippen LogP contribution in [0.1, 0.15) is 42.1 Å². The van der Waals surface area contributed by atoms with Crippen LogP contribution in [0.5, 0.6) is 0 Å². The van der Waals surface area contributed by atoms with Crippen molar-refractivity contribution >= 4 is 27.5 Å². The van der Waals surface area contributed by atoms with Gasteiger partial charge in [0.15, 0.2) is 0 Å². The summed E-state index contributed by atoms with van der Waals surface area (Å²) in [5, 5.41) is 5.71. The van der Waals surface area contributed by atoms with Crippen molar-refractivity contribution in [3.05, 3.63) is 59.7 Å². The van der Waals surface area contributed by atoms with Crippen LogP contribution >= 0.6 is 0 Å². The van der Waals surface area contributed by atoms with Gasteiger partial charge in [-0.1, -0.05) is 19.1 Å². The van der Waals surface area contributed by atoms with Gasteiger partial charge in [0.05, 0.1) is 4.90 Å². The minimum absolute atomic E-state index is 0.0277. The Balaban J connectivity index is 1.30. The molecule has 164 valence electrons. The van der Waals surface area contributed by atoms with Crippen LogP contribution < -0.4 is 10.6 Å². The van der Waals surface area contributed by atoms with E-state index in [1.165, 1.54) is 4.31 Å². The molecule has 0 bridgehead atoms. The molecule has 2 aromatic carbocycles. The van der Waals surface area contributed by atoms with E-state index in [-0.39, 0.29) is 22.6 Å². The minimum atomic E-state index is -3.43. The molecule has 7 nitrogen and oxygen atoms in total. The number of carbonyl (C=O) groups excluding carboxylic acids is 2. The molecular formula is C23H27N3O4S. The van der Waals surface area contributed by atoms with Crippen LogP contribution in [0.25, 0.3) is 0 Å². The fourth-order valence-electron chi connectivity index (χ4n) is 3.77. The van der Waals surface area contributed by atoms with E-state index in [1.54, 1.807) is 48.5 Å². The van der Waals surface area contributed by atoms with Crippen LogP contribution in [0.2, 0.25) is 0 Å². The first kappa shape index (κ1) is 21.5. The lowest BCUT2D eigenvalue weighted by atomic mass is 10.1. The molecule has 31 heavy (non-hydrogen) atoms. The molecule has 2 N–H and O–H groups in total. The SMILES string of the molecule is CC1CC1C(=O)Nc1ccc(C(=O)NCc2ccc(S(=O)(=O)N3CCCC3)cc2)cc1. The van der Waals surface area contributed by atoms with Gasteiger partial charge in [-0.3, -0.25) is 9.59 Å². The lowest BCUT2D eigenvalue weighted by Gasteiger charge is -2.15. The van der Waals surface area contributed by atoms with Gasteiger partial charge in [0.1, 0.15) is 0 Å². The minimum Gasteiger partial charge on any atom is -0.348 e. The Morgan fingerprint density at radius 1 is 1.00 bits per heavy atom. The molecule has 2 atom stereocenters. The average Bonchev–Trinajstić information content (AvgIpc) is 3.25. The smallest absolute Gasteiger partial charge is 0.251 e. The van der Waals surface area contributed by atoms with Crippen molar-refractivity contribution in [3.8, 4) is 0 Å². The van der Waals surface area contributed by atoms with Crippen LogP contribution in [-0.4, -0.2) is 37.6 Å². The van der Waals surface area contributed by atoms with Gasteiger partial charge in [0.2, 0.25) is 15.9 Å². The highest BCUT2D eigenvalue weighted by Crippen LogP contribution is 2.38. The van der Waals surface area contributed by atoms with Gasteiger partial charge >= 0.3 is 0 Å². The molecule has 2 aliphatic rings. The summed E-state index contributed by atoms with van der Waals surface area (Å²) < 4.78 is 26.7. The molecule has 2 fully saturated rings. The first-order chi connectivity index (χ1) is 14.8.